The van der Waals surface area contributed by atoms with Gasteiger partial charge in [-0.3, -0.25) is 4.73 Å². The Kier molecular flexibility index (Phi) is 1.62. The molecule has 0 amide bonds. The molecule has 2 nitrogen and oxygen atoms in total. The molecule has 0 saturated heterocycles. The van der Waals surface area contributed by atoms with E-state index in [-0.39, 0.29) is 0 Å². The van der Waals surface area contributed by atoms with Crippen molar-refractivity contribution in [1.82, 2.24) is 0 Å². The van der Waals surface area contributed by atoms with Crippen LogP contribution in [0.4, 0.5) is 0 Å². The summed E-state index contributed by atoms with van der Waals surface area (Å²) in [5, 5.41) is 10.9. The van der Waals surface area contributed by atoms with Gasteiger partial charge in [-0.05, 0) is 6.92 Å². The lowest BCUT2D eigenvalue weighted by molar-refractivity contribution is -0.617. The van der Waals surface area contributed by atoms with E-state index in [1.54, 1.807) is 6.92 Å². The maximum Gasteiger partial charge on any atom is 0.128 e. The highest BCUT2D eigenvalue weighted by molar-refractivity contribution is 5.17. The van der Waals surface area contributed by atoms with E-state index in [0.717, 1.165) is 21.6 Å². The number of aromatic nitrogens is 1. The van der Waals surface area contributed by atoms with Crippen molar-refractivity contribution in [1.29, 1.82) is 0 Å². The van der Waals surface area contributed by atoms with Crippen LogP contribution in [0.15, 0.2) is 6.07 Å². The normalized spacial score (nSPS) is 9.90. The first-order chi connectivity index (χ1) is 4.61. The maximum absolute atomic E-state index is 10.9. The summed E-state index contributed by atoms with van der Waals surface area (Å²) in [6.07, 6.45) is 2.64. The Morgan fingerprint density at radius 1 is 1.40 bits per heavy atom. The van der Waals surface area contributed by atoms with Gasteiger partial charge in [0.2, 0.25) is 0 Å². The zero-order chi connectivity index (χ0) is 7.72. The van der Waals surface area contributed by atoms with Gasteiger partial charge in [0.15, 0.2) is 0 Å². The summed E-state index contributed by atoms with van der Waals surface area (Å²) < 4.78 is 0.782. The van der Waals surface area contributed by atoms with Gasteiger partial charge in [-0.2, -0.15) is 6.07 Å². The average Bonchev–Trinajstić information content (AvgIpc) is 1.82. The van der Waals surface area contributed by atoms with Gasteiger partial charge in [0.1, 0.15) is 6.20 Å². The van der Waals surface area contributed by atoms with Gasteiger partial charge in [0, 0.05) is 0 Å². The molecule has 0 unspecified atom stereocenters. The van der Waals surface area contributed by atoms with Crippen molar-refractivity contribution < 1.29 is 4.73 Å². The molecule has 0 aromatic carbocycles. The molecule has 0 fully saturated rings. The summed E-state index contributed by atoms with van der Waals surface area (Å²) in [6, 6.07) is 1.95. The van der Waals surface area contributed by atoms with Crippen LogP contribution in [-0.4, -0.2) is 0 Å². The summed E-state index contributed by atoms with van der Waals surface area (Å²) in [4.78, 5) is 0. The molecule has 0 atom stereocenters. The second-order valence-electron chi connectivity index (χ2n) is 2.50. The fraction of sp³-hybridized carbons (Fsp3) is 0.375. The van der Waals surface area contributed by atoms with Crippen LogP contribution in [0.3, 0.4) is 0 Å². The first-order valence-corrected chi connectivity index (χ1v) is 3.21. The fourth-order valence-electron chi connectivity index (χ4n) is 0.866. The van der Waals surface area contributed by atoms with E-state index in [0.29, 0.717) is 0 Å². The molecule has 0 spiro atoms. The number of hydrogen-bond donors (Lipinski definition) is 0. The van der Waals surface area contributed by atoms with Crippen molar-refractivity contribution in [3.8, 4) is 0 Å². The van der Waals surface area contributed by atoms with Crippen molar-refractivity contribution in [2.45, 2.75) is 20.8 Å². The number of hydrogen-bond acceptors (Lipinski definition) is 1. The topological polar surface area (TPSA) is 26.9 Å². The molecule has 0 radical (unpaired) electrons. The predicted molar refractivity (Wildman–Crippen MR) is 38.4 cm³/mol. The Morgan fingerprint density at radius 3 is 2.50 bits per heavy atom. The number of aryl methyl sites for hydroxylation is 2. The maximum atomic E-state index is 10.9. The molecule has 0 aliphatic carbocycles. The van der Waals surface area contributed by atoms with Crippen LogP contribution >= 0.6 is 0 Å². The number of nitrogens with zero attached hydrogens (tertiary/aromatic N) is 1. The summed E-state index contributed by atoms with van der Waals surface area (Å²) >= 11 is 0. The monoisotopic (exact) mass is 136 g/mol. The summed E-state index contributed by atoms with van der Waals surface area (Å²) in [7, 11) is 0. The summed E-state index contributed by atoms with van der Waals surface area (Å²) in [5.74, 6) is 0. The lowest BCUT2D eigenvalue weighted by Gasteiger charge is -2.11. The number of rotatable bonds is 0. The molecule has 54 valence electrons. The van der Waals surface area contributed by atoms with Crippen molar-refractivity contribution in [2.75, 3.05) is 0 Å². The minimum absolute atomic E-state index is 0.727. The lowest BCUT2D eigenvalue weighted by Crippen LogP contribution is -2.31. The largest absolute Gasteiger partial charge is 0.640 e. The highest BCUT2D eigenvalue weighted by atomic mass is 16.5. The molecule has 0 bridgehead atoms. The van der Waals surface area contributed by atoms with E-state index < -0.39 is 0 Å². The van der Waals surface area contributed by atoms with E-state index in [1.165, 1.54) is 0 Å². The van der Waals surface area contributed by atoms with Crippen LogP contribution < -0.4 is 4.73 Å². The van der Waals surface area contributed by atoms with Gasteiger partial charge < -0.3 is 5.21 Å². The van der Waals surface area contributed by atoms with Gasteiger partial charge in [0.05, 0.1) is 5.69 Å². The van der Waals surface area contributed by atoms with Crippen molar-refractivity contribution in [3.05, 3.63) is 34.3 Å². The number of pyridine rings is 1. The van der Waals surface area contributed by atoms with Crippen molar-refractivity contribution in [3.63, 3.8) is 0 Å². The zero-order valence-corrected chi connectivity index (χ0v) is 6.43. The van der Waals surface area contributed by atoms with Crippen LogP contribution in [0, 0.1) is 32.2 Å². The molecule has 1 aromatic heterocycles. The van der Waals surface area contributed by atoms with E-state index in [1.807, 2.05) is 19.9 Å². The Bertz CT molecular complexity index is 232. The minimum atomic E-state index is 0.727. The molecular weight excluding hydrogens is 126 g/mol. The fourth-order valence-corrected chi connectivity index (χ4v) is 0.866. The van der Waals surface area contributed by atoms with Crippen molar-refractivity contribution in [2.24, 2.45) is 0 Å². The van der Waals surface area contributed by atoms with Gasteiger partial charge in [-0.1, -0.05) is 25.0 Å². The molecule has 0 saturated carbocycles. The molecule has 1 rings (SSSR count). The molecule has 0 aliphatic heterocycles. The molecule has 2 heteroatoms. The molecule has 0 N–H and O–H groups in total. The third-order valence-electron chi connectivity index (χ3n) is 1.59. The SMILES string of the molecule is Cc1[c-][n+]([O-])c(C)c(C)c1. The predicted octanol–water partition coefficient (Wildman–Crippen LogP) is 1.05. The second-order valence-corrected chi connectivity index (χ2v) is 2.50. The van der Waals surface area contributed by atoms with E-state index in [9.17, 15) is 5.21 Å². The minimum Gasteiger partial charge on any atom is -0.640 e. The molecule has 10 heavy (non-hydrogen) atoms. The first-order valence-electron chi connectivity index (χ1n) is 3.21. The van der Waals surface area contributed by atoms with Gasteiger partial charge >= 0.3 is 0 Å². The van der Waals surface area contributed by atoms with Crippen LogP contribution in [-0.2, 0) is 0 Å². The van der Waals surface area contributed by atoms with Crippen LogP contribution in [0.5, 0.6) is 0 Å². The average molecular weight is 136 g/mol. The van der Waals surface area contributed by atoms with E-state index in [4.69, 9.17) is 0 Å². The molecule has 0 aliphatic rings. The van der Waals surface area contributed by atoms with Crippen LogP contribution in [0.2, 0.25) is 0 Å². The van der Waals surface area contributed by atoms with E-state index >= 15 is 0 Å². The molecule has 1 heterocycles. The Morgan fingerprint density at radius 2 is 2.00 bits per heavy atom. The Labute approximate surface area is 60.7 Å². The smallest absolute Gasteiger partial charge is 0.128 e. The quantitative estimate of drug-likeness (QED) is 0.297. The Hall–Kier alpha value is -1.05. The first kappa shape index (κ1) is 7.06. The third kappa shape index (κ3) is 1.10. The van der Waals surface area contributed by atoms with Crippen LogP contribution in [0.25, 0.3) is 0 Å². The second kappa shape index (κ2) is 2.29. The van der Waals surface area contributed by atoms with Gasteiger partial charge in [-0.15, -0.1) is 0 Å². The molecule has 1 aromatic rings. The standard InChI is InChI=1S/C8H10NO/c1-6-4-7(2)8(3)9(10)5-6/h4H,1-3H3/q-1. The van der Waals surface area contributed by atoms with Crippen molar-refractivity contribution >= 4 is 0 Å². The molecular formula is C8H10NO-. The lowest BCUT2D eigenvalue weighted by atomic mass is 10.2. The highest BCUT2D eigenvalue weighted by Gasteiger charge is 1.93. The Balaban J connectivity index is 3.31. The zero-order valence-electron chi connectivity index (χ0n) is 6.43. The summed E-state index contributed by atoms with van der Waals surface area (Å²) in [5.41, 5.74) is 2.63. The highest BCUT2D eigenvalue weighted by Crippen LogP contribution is 2.01. The van der Waals surface area contributed by atoms with E-state index in [2.05, 4.69) is 6.20 Å². The summed E-state index contributed by atoms with van der Waals surface area (Å²) in [6.45, 7) is 5.57. The van der Waals surface area contributed by atoms with Crippen LogP contribution in [0.1, 0.15) is 16.8 Å². The third-order valence-corrected chi connectivity index (χ3v) is 1.59. The van der Waals surface area contributed by atoms with Gasteiger partial charge in [0.25, 0.3) is 0 Å². The van der Waals surface area contributed by atoms with Gasteiger partial charge in [-0.25, -0.2) is 0 Å².